The Hall–Kier alpha value is -2.50. The van der Waals surface area contributed by atoms with Crippen LogP contribution < -0.4 is 15.8 Å². The lowest BCUT2D eigenvalue weighted by Gasteiger charge is -2.08. The Labute approximate surface area is 104 Å². The summed E-state index contributed by atoms with van der Waals surface area (Å²) in [5, 5.41) is 9.05. The van der Waals surface area contributed by atoms with Gasteiger partial charge >= 0.3 is 0 Å². The van der Waals surface area contributed by atoms with E-state index in [1.165, 1.54) is 6.20 Å². The molecule has 0 atom stereocenters. The van der Waals surface area contributed by atoms with Crippen LogP contribution in [-0.2, 0) is 0 Å². The van der Waals surface area contributed by atoms with Gasteiger partial charge < -0.3 is 15.8 Å². The molecule has 0 unspecified atom stereocenters. The van der Waals surface area contributed by atoms with E-state index in [1.54, 1.807) is 24.4 Å². The minimum Gasteiger partial charge on any atom is -0.494 e. The first-order valence-corrected chi connectivity index (χ1v) is 5.52. The summed E-state index contributed by atoms with van der Waals surface area (Å²) in [6.45, 7) is 2.39. The molecule has 0 bridgehead atoms. The average molecular weight is 246 g/mol. The van der Waals surface area contributed by atoms with Gasteiger partial charge in [0.15, 0.2) is 0 Å². The van der Waals surface area contributed by atoms with Gasteiger partial charge in [0.1, 0.15) is 5.75 Å². The Kier molecular flexibility index (Phi) is 3.47. The van der Waals surface area contributed by atoms with Gasteiger partial charge in [0, 0.05) is 23.5 Å². The Morgan fingerprint density at radius 2 is 2.33 bits per heavy atom. The summed E-state index contributed by atoms with van der Waals surface area (Å²) < 4.78 is 5.33. The van der Waals surface area contributed by atoms with Gasteiger partial charge in [0.05, 0.1) is 18.5 Å². The van der Waals surface area contributed by atoms with Crippen molar-refractivity contribution < 1.29 is 9.53 Å². The van der Waals surface area contributed by atoms with Crippen molar-refractivity contribution in [3.63, 3.8) is 0 Å². The third-order valence-corrected chi connectivity index (χ3v) is 2.26. The SMILES string of the molecule is CCOc1cc(N)cc(C(=O)Nc2cn[nH]c2)c1. The lowest BCUT2D eigenvalue weighted by Crippen LogP contribution is -2.12. The Morgan fingerprint density at radius 1 is 1.50 bits per heavy atom. The van der Waals surface area contributed by atoms with Crippen LogP contribution in [0.5, 0.6) is 5.75 Å². The summed E-state index contributed by atoms with van der Waals surface area (Å²) in [6, 6.07) is 4.92. The maximum atomic E-state index is 12.0. The number of carbonyl (C=O) groups is 1. The van der Waals surface area contributed by atoms with Crippen molar-refractivity contribution in [1.29, 1.82) is 0 Å². The second kappa shape index (κ2) is 5.22. The molecule has 1 aromatic carbocycles. The molecule has 0 aliphatic heterocycles. The van der Waals surface area contributed by atoms with E-state index in [2.05, 4.69) is 15.5 Å². The van der Waals surface area contributed by atoms with Crippen LogP contribution in [0.4, 0.5) is 11.4 Å². The summed E-state index contributed by atoms with van der Waals surface area (Å²) >= 11 is 0. The number of nitrogens with zero attached hydrogens (tertiary/aromatic N) is 1. The quantitative estimate of drug-likeness (QED) is 0.715. The van der Waals surface area contributed by atoms with Crippen molar-refractivity contribution in [2.45, 2.75) is 6.92 Å². The highest BCUT2D eigenvalue weighted by Gasteiger charge is 2.09. The number of amides is 1. The molecule has 18 heavy (non-hydrogen) atoms. The molecule has 2 aromatic rings. The summed E-state index contributed by atoms with van der Waals surface area (Å²) in [7, 11) is 0. The first-order valence-electron chi connectivity index (χ1n) is 5.52. The zero-order valence-electron chi connectivity index (χ0n) is 9.93. The topological polar surface area (TPSA) is 93.0 Å². The molecule has 6 heteroatoms. The number of nitrogens with one attached hydrogen (secondary N) is 2. The van der Waals surface area contributed by atoms with E-state index in [1.807, 2.05) is 6.92 Å². The smallest absolute Gasteiger partial charge is 0.255 e. The zero-order chi connectivity index (χ0) is 13.0. The number of nitrogens with two attached hydrogens (primary N) is 1. The second-order valence-corrected chi connectivity index (χ2v) is 3.66. The molecule has 1 amide bonds. The largest absolute Gasteiger partial charge is 0.494 e. The van der Waals surface area contributed by atoms with Crippen molar-refractivity contribution in [3.05, 3.63) is 36.2 Å². The lowest BCUT2D eigenvalue weighted by atomic mass is 10.1. The van der Waals surface area contributed by atoms with Crippen molar-refractivity contribution in [1.82, 2.24) is 10.2 Å². The number of nitrogen functional groups attached to an aromatic ring is 1. The van der Waals surface area contributed by atoms with Crippen LogP contribution in [0, 0.1) is 0 Å². The van der Waals surface area contributed by atoms with E-state index in [-0.39, 0.29) is 5.91 Å². The van der Waals surface area contributed by atoms with Crippen molar-refractivity contribution in [3.8, 4) is 5.75 Å². The highest BCUT2D eigenvalue weighted by atomic mass is 16.5. The predicted molar refractivity (Wildman–Crippen MR) is 68.6 cm³/mol. The van der Waals surface area contributed by atoms with Gasteiger partial charge in [0.25, 0.3) is 5.91 Å². The molecule has 0 aliphatic carbocycles. The second-order valence-electron chi connectivity index (χ2n) is 3.66. The van der Waals surface area contributed by atoms with Gasteiger partial charge in [-0.3, -0.25) is 9.89 Å². The van der Waals surface area contributed by atoms with Crippen molar-refractivity contribution >= 4 is 17.3 Å². The molecule has 1 aromatic heterocycles. The highest BCUT2D eigenvalue weighted by Crippen LogP contribution is 2.19. The molecule has 0 saturated carbocycles. The van der Waals surface area contributed by atoms with Crippen LogP contribution in [0.15, 0.2) is 30.6 Å². The number of carbonyl (C=O) groups excluding carboxylic acids is 1. The minimum absolute atomic E-state index is 0.260. The third-order valence-electron chi connectivity index (χ3n) is 2.26. The molecule has 0 saturated heterocycles. The van der Waals surface area contributed by atoms with Crippen LogP contribution >= 0.6 is 0 Å². The molecular weight excluding hydrogens is 232 g/mol. The van der Waals surface area contributed by atoms with E-state index in [0.717, 1.165) is 0 Å². The van der Waals surface area contributed by atoms with Gasteiger partial charge in [-0.15, -0.1) is 0 Å². The molecule has 0 radical (unpaired) electrons. The minimum atomic E-state index is -0.260. The fourth-order valence-corrected chi connectivity index (χ4v) is 1.53. The van der Waals surface area contributed by atoms with Crippen LogP contribution in [0.3, 0.4) is 0 Å². The van der Waals surface area contributed by atoms with Crippen LogP contribution in [0.25, 0.3) is 0 Å². The van der Waals surface area contributed by atoms with Gasteiger partial charge in [-0.05, 0) is 19.1 Å². The molecule has 4 N–H and O–H groups in total. The Bertz CT molecular complexity index is 537. The number of aromatic nitrogens is 2. The summed E-state index contributed by atoms with van der Waals surface area (Å²) in [6.07, 6.45) is 3.11. The first-order chi connectivity index (χ1) is 8.69. The molecule has 0 spiro atoms. The van der Waals surface area contributed by atoms with Gasteiger partial charge in [-0.2, -0.15) is 5.10 Å². The number of ether oxygens (including phenoxy) is 1. The van der Waals surface area contributed by atoms with E-state index >= 15 is 0 Å². The number of rotatable bonds is 4. The molecule has 0 fully saturated rings. The number of H-pyrrole nitrogens is 1. The van der Waals surface area contributed by atoms with Gasteiger partial charge in [-0.25, -0.2) is 0 Å². The Balaban J connectivity index is 2.19. The number of aromatic amines is 1. The molecule has 94 valence electrons. The van der Waals surface area contributed by atoms with E-state index < -0.39 is 0 Å². The molecule has 1 heterocycles. The van der Waals surface area contributed by atoms with E-state index in [0.29, 0.717) is 29.3 Å². The molecule has 6 nitrogen and oxygen atoms in total. The van der Waals surface area contributed by atoms with Crippen LogP contribution in [0.1, 0.15) is 17.3 Å². The fourth-order valence-electron chi connectivity index (χ4n) is 1.53. The maximum absolute atomic E-state index is 12.0. The monoisotopic (exact) mass is 246 g/mol. The summed E-state index contributed by atoms with van der Waals surface area (Å²) in [5.41, 5.74) is 7.25. The Morgan fingerprint density at radius 3 is 3.00 bits per heavy atom. The molecule has 0 aliphatic rings. The summed E-state index contributed by atoms with van der Waals surface area (Å²) in [5.74, 6) is 0.319. The zero-order valence-corrected chi connectivity index (χ0v) is 9.93. The van der Waals surface area contributed by atoms with Crippen molar-refractivity contribution in [2.24, 2.45) is 0 Å². The van der Waals surface area contributed by atoms with Gasteiger partial charge in [0.2, 0.25) is 0 Å². The summed E-state index contributed by atoms with van der Waals surface area (Å²) in [4.78, 5) is 12.0. The van der Waals surface area contributed by atoms with E-state index in [9.17, 15) is 4.79 Å². The normalized spacial score (nSPS) is 10.1. The fraction of sp³-hybridized carbons (Fsp3) is 0.167. The highest BCUT2D eigenvalue weighted by molar-refractivity contribution is 6.04. The number of anilines is 2. The number of hydrogen-bond acceptors (Lipinski definition) is 4. The maximum Gasteiger partial charge on any atom is 0.255 e. The van der Waals surface area contributed by atoms with Crippen molar-refractivity contribution in [2.75, 3.05) is 17.7 Å². The van der Waals surface area contributed by atoms with Crippen LogP contribution in [0.2, 0.25) is 0 Å². The number of hydrogen-bond donors (Lipinski definition) is 3. The average Bonchev–Trinajstić information content (AvgIpc) is 2.81. The van der Waals surface area contributed by atoms with Gasteiger partial charge in [-0.1, -0.05) is 0 Å². The number of benzene rings is 1. The molecule has 2 rings (SSSR count). The lowest BCUT2D eigenvalue weighted by molar-refractivity contribution is 0.102. The third kappa shape index (κ3) is 2.79. The standard InChI is InChI=1S/C12H14N4O2/c1-2-18-11-4-8(3-9(13)5-11)12(17)16-10-6-14-15-7-10/h3-7H,2,13H2,1H3,(H,14,15)(H,16,17). The first kappa shape index (κ1) is 12.0. The van der Waals surface area contributed by atoms with Crippen LogP contribution in [-0.4, -0.2) is 22.7 Å². The van der Waals surface area contributed by atoms with E-state index in [4.69, 9.17) is 10.5 Å². The predicted octanol–water partition coefficient (Wildman–Crippen LogP) is 1.64. The molecular formula is C12H14N4O2.